The Kier molecular flexibility index (Phi) is 5.77. The van der Waals surface area contributed by atoms with Gasteiger partial charge in [-0.1, -0.05) is 6.42 Å². The molecule has 1 unspecified atom stereocenters. The molecule has 2 aliphatic rings. The van der Waals surface area contributed by atoms with E-state index in [-0.39, 0.29) is 24.9 Å². The van der Waals surface area contributed by atoms with Gasteiger partial charge in [0.2, 0.25) is 0 Å². The summed E-state index contributed by atoms with van der Waals surface area (Å²) in [6, 6.07) is 10.4. The lowest BCUT2D eigenvalue weighted by molar-refractivity contribution is -0.0463. The second-order valence-corrected chi connectivity index (χ2v) is 7.94. The Morgan fingerprint density at radius 3 is 3.00 bits per heavy atom. The van der Waals surface area contributed by atoms with E-state index in [1.165, 1.54) is 12.8 Å². The number of morpholine rings is 1. The highest BCUT2D eigenvalue weighted by Crippen LogP contribution is 2.30. The second kappa shape index (κ2) is 8.44. The van der Waals surface area contributed by atoms with E-state index in [9.17, 15) is 10.4 Å². The Morgan fingerprint density at radius 1 is 1.29 bits per heavy atom. The lowest BCUT2D eigenvalue weighted by Crippen LogP contribution is -2.53. The van der Waals surface area contributed by atoms with Crippen molar-refractivity contribution in [2.24, 2.45) is 0 Å². The van der Waals surface area contributed by atoms with Crippen molar-refractivity contribution in [2.75, 3.05) is 37.7 Å². The van der Waals surface area contributed by atoms with Crippen LogP contribution in [0.3, 0.4) is 0 Å². The average molecular weight is 380 g/mol. The number of anilines is 1. The summed E-state index contributed by atoms with van der Waals surface area (Å²) in [5.41, 5.74) is 2.48. The molecule has 1 aromatic heterocycles. The second-order valence-electron chi connectivity index (χ2n) is 7.94. The fourth-order valence-electron chi connectivity index (χ4n) is 4.64. The zero-order valence-corrected chi connectivity index (χ0v) is 16.4. The number of nitriles is 1. The molecule has 0 bridgehead atoms. The minimum atomic E-state index is 0.0956. The van der Waals surface area contributed by atoms with E-state index >= 15 is 0 Å². The SMILES string of the molecule is C[C@@H]1CN(c2ccc(C#N)c3ncccc23)C[C@H](CN2CCCCC2CO)O1. The molecule has 2 aliphatic heterocycles. The lowest BCUT2D eigenvalue weighted by Gasteiger charge is -2.42. The number of benzene rings is 1. The fraction of sp³-hybridized carbons (Fsp3) is 0.545. The summed E-state index contributed by atoms with van der Waals surface area (Å²) in [6.45, 7) is 5.83. The third kappa shape index (κ3) is 3.83. The van der Waals surface area contributed by atoms with Crippen molar-refractivity contribution in [2.45, 2.75) is 44.4 Å². The van der Waals surface area contributed by atoms with Crippen LogP contribution in [0.25, 0.3) is 10.9 Å². The van der Waals surface area contributed by atoms with Gasteiger partial charge in [-0.2, -0.15) is 5.26 Å². The van der Waals surface area contributed by atoms with Gasteiger partial charge < -0.3 is 14.7 Å². The van der Waals surface area contributed by atoms with Crippen LogP contribution in [-0.2, 0) is 4.74 Å². The first-order valence-corrected chi connectivity index (χ1v) is 10.2. The predicted octanol–water partition coefficient (Wildman–Crippen LogP) is 2.55. The summed E-state index contributed by atoms with van der Waals surface area (Å²) in [5.74, 6) is 0. The smallest absolute Gasteiger partial charge is 0.101 e. The monoisotopic (exact) mass is 380 g/mol. The van der Waals surface area contributed by atoms with Crippen LogP contribution in [0.15, 0.2) is 30.5 Å². The number of aliphatic hydroxyl groups is 1. The van der Waals surface area contributed by atoms with Crippen LogP contribution >= 0.6 is 0 Å². The van der Waals surface area contributed by atoms with Gasteiger partial charge in [0.05, 0.1) is 29.9 Å². The van der Waals surface area contributed by atoms with Crippen molar-refractivity contribution in [1.82, 2.24) is 9.88 Å². The van der Waals surface area contributed by atoms with Crippen molar-refractivity contribution in [1.29, 1.82) is 5.26 Å². The van der Waals surface area contributed by atoms with Gasteiger partial charge in [-0.3, -0.25) is 9.88 Å². The Morgan fingerprint density at radius 2 is 2.18 bits per heavy atom. The van der Waals surface area contributed by atoms with Gasteiger partial charge in [0, 0.05) is 42.9 Å². The molecule has 6 nitrogen and oxygen atoms in total. The maximum Gasteiger partial charge on any atom is 0.101 e. The van der Waals surface area contributed by atoms with Crippen molar-refractivity contribution in [3.8, 4) is 6.07 Å². The molecule has 0 spiro atoms. The number of ether oxygens (including phenoxy) is 1. The molecule has 1 N–H and O–H groups in total. The highest BCUT2D eigenvalue weighted by atomic mass is 16.5. The molecule has 0 aliphatic carbocycles. The summed E-state index contributed by atoms with van der Waals surface area (Å²) < 4.78 is 6.26. The maximum atomic E-state index is 9.71. The molecule has 6 heteroatoms. The normalized spacial score (nSPS) is 26.3. The molecule has 28 heavy (non-hydrogen) atoms. The molecule has 3 heterocycles. The Bertz CT molecular complexity index is 865. The number of likely N-dealkylation sites (tertiary alicyclic amines) is 1. The molecule has 0 saturated carbocycles. The Balaban J connectivity index is 1.57. The zero-order chi connectivity index (χ0) is 19.5. The van der Waals surface area contributed by atoms with Crippen molar-refractivity contribution in [3.63, 3.8) is 0 Å². The average Bonchev–Trinajstić information content (AvgIpc) is 2.73. The quantitative estimate of drug-likeness (QED) is 0.879. The predicted molar refractivity (Wildman–Crippen MR) is 109 cm³/mol. The van der Waals surface area contributed by atoms with Gasteiger partial charge in [-0.25, -0.2) is 0 Å². The topological polar surface area (TPSA) is 72.6 Å². The molecule has 148 valence electrons. The van der Waals surface area contributed by atoms with E-state index in [1.54, 1.807) is 6.20 Å². The zero-order valence-electron chi connectivity index (χ0n) is 16.4. The Labute approximate surface area is 166 Å². The van der Waals surface area contributed by atoms with Gasteiger partial charge in [-0.15, -0.1) is 0 Å². The van der Waals surface area contributed by atoms with Gasteiger partial charge in [0.25, 0.3) is 0 Å². The number of aromatic nitrogens is 1. The van der Waals surface area contributed by atoms with E-state index in [2.05, 4.69) is 27.8 Å². The number of rotatable bonds is 4. The van der Waals surface area contributed by atoms with Crippen LogP contribution in [0, 0.1) is 11.3 Å². The highest BCUT2D eigenvalue weighted by molar-refractivity contribution is 5.95. The first-order chi connectivity index (χ1) is 13.7. The molecule has 0 amide bonds. The molecular weight excluding hydrogens is 352 g/mol. The van der Waals surface area contributed by atoms with Crippen LogP contribution in [-0.4, -0.2) is 66.0 Å². The number of aliphatic hydroxyl groups excluding tert-OH is 1. The molecule has 2 saturated heterocycles. The van der Waals surface area contributed by atoms with E-state index in [1.807, 2.05) is 24.3 Å². The minimum Gasteiger partial charge on any atom is -0.395 e. The van der Waals surface area contributed by atoms with E-state index < -0.39 is 0 Å². The van der Waals surface area contributed by atoms with Crippen LogP contribution < -0.4 is 4.90 Å². The van der Waals surface area contributed by atoms with Crippen molar-refractivity contribution < 1.29 is 9.84 Å². The largest absolute Gasteiger partial charge is 0.395 e. The van der Waals surface area contributed by atoms with Gasteiger partial charge in [0.1, 0.15) is 6.07 Å². The third-order valence-electron chi connectivity index (χ3n) is 5.93. The summed E-state index contributed by atoms with van der Waals surface area (Å²) in [7, 11) is 0. The molecule has 2 aromatic rings. The molecule has 1 aromatic carbocycles. The summed E-state index contributed by atoms with van der Waals surface area (Å²) in [5, 5.41) is 20.1. The molecule has 0 radical (unpaired) electrons. The number of nitrogens with zero attached hydrogens (tertiary/aromatic N) is 4. The number of hydrogen-bond donors (Lipinski definition) is 1. The number of pyridine rings is 1. The van der Waals surface area contributed by atoms with Gasteiger partial charge in [-0.05, 0) is 50.6 Å². The number of fused-ring (bicyclic) bond motifs is 1. The van der Waals surface area contributed by atoms with Crippen LogP contribution in [0.4, 0.5) is 5.69 Å². The molecule has 3 atom stereocenters. The first kappa shape index (κ1) is 19.1. The van der Waals surface area contributed by atoms with Crippen molar-refractivity contribution in [3.05, 3.63) is 36.0 Å². The molecule has 2 fully saturated rings. The fourth-order valence-corrected chi connectivity index (χ4v) is 4.64. The van der Waals surface area contributed by atoms with Gasteiger partial charge in [0.15, 0.2) is 0 Å². The van der Waals surface area contributed by atoms with Crippen LogP contribution in [0.1, 0.15) is 31.7 Å². The van der Waals surface area contributed by atoms with Crippen LogP contribution in [0.5, 0.6) is 0 Å². The summed E-state index contributed by atoms with van der Waals surface area (Å²) in [4.78, 5) is 9.20. The van der Waals surface area contributed by atoms with Crippen LogP contribution in [0.2, 0.25) is 0 Å². The van der Waals surface area contributed by atoms with E-state index in [0.717, 1.165) is 49.2 Å². The first-order valence-electron chi connectivity index (χ1n) is 10.2. The van der Waals surface area contributed by atoms with Crippen molar-refractivity contribution >= 4 is 16.6 Å². The lowest BCUT2D eigenvalue weighted by atomic mass is 10.0. The van der Waals surface area contributed by atoms with E-state index in [4.69, 9.17) is 4.74 Å². The Hall–Kier alpha value is -2.20. The third-order valence-corrected chi connectivity index (χ3v) is 5.93. The minimum absolute atomic E-state index is 0.0956. The number of hydrogen-bond acceptors (Lipinski definition) is 6. The van der Waals surface area contributed by atoms with Gasteiger partial charge >= 0.3 is 0 Å². The van der Waals surface area contributed by atoms with E-state index in [0.29, 0.717) is 5.56 Å². The molecular formula is C22H28N4O2. The highest BCUT2D eigenvalue weighted by Gasteiger charge is 2.31. The number of piperidine rings is 1. The maximum absolute atomic E-state index is 9.71. The standard InChI is InChI=1S/C22H28N4O2/c1-16-12-26(14-19(28-16)13-25-10-3-2-5-18(25)15-27)21-8-7-17(11-23)22-20(21)6-4-9-24-22/h4,6-9,16,18-19,27H,2-3,5,10,12-15H2,1H3/t16-,18?,19+/m1/s1. The summed E-state index contributed by atoms with van der Waals surface area (Å²) >= 11 is 0. The molecule has 4 rings (SSSR count). The summed E-state index contributed by atoms with van der Waals surface area (Å²) in [6.07, 6.45) is 5.41.